The highest BCUT2D eigenvalue weighted by Gasteiger charge is 2.24. The molecule has 2 saturated heterocycles. The van der Waals surface area contributed by atoms with Crippen molar-refractivity contribution in [3.8, 4) is 0 Å². The average Bonchev–Trinajstić information content (AvgIpc) is 2.53. The molecule has 3 N–H and O–H groups in total. The van der Waals surface area contributed by atoms with Crippen molar-refractivity contribution in [3.05, 3.63) is 0 Å². The van der Waals surface area contributed by atoms with Gasteiger partial charge in [-0.2, -0.15) is 0 Å². The molecule has 2 heterocycles. The average molecular weight is 354 g/mol. The fourth-order valence-electron chi connectivity index (χ4n) is 4.01. The molecule has 0 aromatic carbocycles. The van der Waals surface area contributed by atoms with Crippen LogP contribution in [0.5, 0.6) is 0 Å². The lowest BCUT2D eigenvalue weighted by Gasteiger charge is -2.36. The second-order valence-corrected chi connectivity index (χ2v) is 7.47. The van der Waals surface area contributed by atoms with E-state index >= 15 is 0 Å². The van der Waals surface area contributed by atoms with Crippen molar-refractivity contribution in [2.24, 2.45) is 16.6 Å². The summed E-state index contributed by atoms with van der Waals surface area (Å²) in [4.78, 5) is 20.3. The first-order chi connectivity index (χ1) is 12.0. The number of hydrogen-bond acceptors (Lipinski definition) is 4. The van der Waals surface area contributed by atoms with Gasteiger partial charge in [0, 0.05) is 52.7 Å². The van der Waals surface area contributed by atoms with Gasteiger partial charge in [0.1, 0.15) is 0 Å². The zero-order valence-electron chi connectivity index (χ0n) is 16.0. The summed E-state index contributed by atoms with van der Waals surface area (Å²) in [5.74, 6) is 1.09. The molecule has 3 atom stereocenters. The van der Waals surface area contributed by atoms with Gasteiger partial charge in [0.15, 0.2) is 5.96 Å². The van der Waals surface area contributed by atoms with E-state index in [2.05, 4.69) is 34.0 Å². The van der Waals surface area contributed by atoms with Crippen LogP contribution in [0, 0.1) is 5.92 Å². The SMILES string of the molecule is CN=C(NCCCN1CC(C)OC(C)C1)N1CCCC(CC(N)=O)C1. The number of nitrogens with two attached hydrogens (primary N) is 1. The Bertz CT molecular complexity index is 447. The minimum atomic E-state index is -0.205. The number of nitrogens with zero attached hydrogens (tertiary/aromatic N) is 3. The van der Waals surface area contributed by atoms with Crippen LogP contribution < -0.4 is 11.1 Å². The van der Waals surface area contributed by atoms with Crippen molar-refractivity contribution < 1.29 is 9.53 Å². The maximum atomic E-state index is 11.2. The number of rotatable bonds is 6. The Kier molecular flexibility index (Phi) is 7.96. The third-order valence-corrected chi connectivity index (χ3v) is 4.95. The van der Waals surface area contributed by atoms with Crippen LogP contribution in [0.15, 0.2) is 4.99 Å². The van der Waals surface area contributed by atoms with E-state index < -0.39 is 0 Å². The molecule has 1 amide bonds. The summed E-state index contributed by atoms with van der Waals surface area (Å²) in [6, 6.07) is 0. The Balaban J connectivity index is 1.70. The smallest absolute Gasteiger partial charge is 0.217 e. The highest BCUT2D eigenvalue weighted by molar-refractivity contribution is 5.80. The summed E-state index contributed by atoms with van der Waals surface area (Å²) >= 11 is 0. The molecule has 25 heavy (non-hydrogen) atoms. The maximum absolute atomic E-state index is 11.2. The first-order valence-corrected chi connectivity index (χ1v) is 9.59. The molecule has 144 valence electrons. The topological polar surface area (TPSA) is 83.2 Å². The summed E-state index contributed by atoms with van der Waals surface area (Å²) in [5.41, 5.74) is 5.35. The summed E-state index contributed by atoms with van der Waals surface area (Å²) in [6.07, 6.45) is 4.35. The predicted molar refractivity (Wildman–Crippen MR) is 101 cm³/mol. The standard InChI is InChI=1S/C18H35N5O2/c1-14-11-22(12-15(2)25-14)8-5-7-21-18(20-3)23-9-4-6-16(13-23)10-17(19)24/h14-16H,4-13H2,1-3H3,(H2,19,24)(H,20,21). The van der Waals surface area contributed by atoms with Crippen molar-refractivity contribution in [2.45, 2.75) is 51.7 Å². The van der Waals surface area contributed by atoms with Gasteiger partial charge in [-0.05, 0) is 39.0 Å². The van der Waals surface area contributed by atoms with Crippen LogP contribution in [0.4, 0.5) is 0 Å². The molecule has 0 radical (unpaired) electrons. The highest BCUT2D eigenvalue weighted by atomic mass is 16.5. The highest BCUT2D eigenvalue weighted by Crippen LogP contribution is 2.19. The molecule has 0 saturated carbocycles. The quantitative estimate of drug-likeness (QED) is 0.416. The maximum Gasteiger partial charge on any atom is 0.217 e. The van der Waals surface area contributed by atoms with E-state index in [9.17, 15) is 4.79 Å². The molecule has 2 aliphatic rings. The van der Waals surface area contributed by atoms with Gasteiger partial charge in [-0.1, -0.05) is 0 Å². The molecule has 7 nitrogen and oxygen atoms in total. The van der Waals surface area contributed by atoms with E-state index in [0.717, 1.165) is 64.5 Å². The minimum Gasteiger partial charge on any atom is -0.373 e. The molecule has 0 aromatic heterocycles. The van der Waals surface area contributed by atoms with Crippen molar-refractivity contribution >= 4 is 11.9 Å². The zero-order valence-corrected chi connectivity index (χ0v) is 16.0. The lowest BCUT2D eigenvalue weighted by atomic mass is 9.95. The van der Waals surface area contributed by atoms with Gasteiger partial charge >= 0.3 is 0 Å². The Morgan fingerprint density at radius 2 is 2.00 bits per heavy atom. The number of carbonyl (C=O) groups excluding carboxylic acids is 1. The largest absolute Gasteiger partial charge is 0.373 e. The van der Waals surface area contributed by atoms with Crippen LogP contribution in [0.3, 0.4) is 0 Å². The predicted octanol–water partition coefficient (Wildman–Crippen LogP) is 0.649. The number of primary amides is 1. The number of ether oxygens (including phenoxy) is 1. The van der Waals surface area contributed by atoms with Crippen molar-refractivity contribution in [1.82, 2.24) is 15.1 Å². The van der Waals surface area contributed by atoms with Crippen LogP contribution in [0.1, 0.15) is 39.5 Å². The van der Waals surface area contributed by atoms with E-state index in [1.54, 1.807) is 0 Å². The molecule has 2 fully saturated rings. The molecule has 0 aromatic rings. The first-order valence-electron chi connectivity index (χ1n) is 9.59. The molecule has 0 bridgehead atoms. The lowest BCUT2D eigenvalue weighted by molar-refractivity contribution is -0.119. The van der Waals surface area contributed by atoms with Gasteiger partial charge in [-0.15, -0.1) is 0 Å². The van der Waals surface area contributed by atoms with Crippen LogP contribution in [-0.4, -0.2) is 80.2 Å². The van der Waals surface area contributed by atoms with Crippen LogP contribution in [0.25, 0.3) is 0 Å². The summed E-state index contributed by atoms with van der Waals surface area (Å²) in [6.45, 7) is 10.1. The number of piperidine rings is 1. The van der Waals surface area contributed by atoms with E-state index in [4.69, 9.17) is 10.5 Å². The minimum absolute atomic E-state index is 0.205. The van der Waals surface area contributed by atoms with Crippen molar-refractivity contribution in [2.75, 3.05) is 46.3 Å². The molecule has 2 rings (SSSR count). The van der Waals surface area contributed by atoms with Crippen LogP contribution >= 0.6 is 0 Å². The number of carbonyl (C=O) groups is 1. The Morgan fingerprint density at radius 3 is 2.64 bits per heavy atom. The van der Waals surface area contributed by atoms with Gasteiger partial charge < -0.3 is 20.7 Å². The van der Waals surface area contributed by atoms with E-state index in [1.165, 1.54) is 0 Å². The second-order valence-electron chi connectivity index (χ2n) is 7.47. The van der Waals surface area contributed by atoms with E-state index in [-0.39, 0.29) is 5.91 Å². The number of hydrogen-bond donors (Lipinski definition) is 2. The fourth-order valence-corrected chi connectivity index (χ4v) is 4.01. The molecular formula is C18H35N5O2. The number of nitrogens with one attached hydrogen (secondary N) is 1. The number of aliphatic imine (C=N–C) groups is 1. The number of likely N-dealkylation sites (tertiary alicyclic amines) is 1. The summed E-state index contributed by atoms with van der Waals surface area (Å²) in [5, 5.41) is 3.48. The number of amides is 1. The summed E-state index contributed by atoms with van der Waals surface area (Å²) < 4.78 is 5.78. The molecule has 3 unspecified atom stereocenters. The second kappa shape index (κ2) is 9.97. The number of guanidine groups is 1. The molecule has 2 aliphatic heterocycles. The molecule has 7 heteroatoms. The Morgan fingerprint density at radius 1 is 1.28 bits per heavy atom. The van der Waals surface area contributed by atoms with Crippen LogP contribution in [0.2, 0.25) is 0 Å². The van der Waals surface area contributed by atoms with Crippen LogP contribution in [-0.2, 0) is 9.53 Å². The Hall–Kier alpha value is -1.34. The van der Waals surface area contributed by atoms with Crippen molar-refractivity contribution in [1.29, 1.82) is 0 Å². The van der Waals surface area contributed by atoms with Gasteiger partial charge in [0.25, 0.3) is 0 Å². The zero-order chi connectivity index (χ0) is 18.2. The third kappa shape index (κ3) is 6.82. The number of morpholine rings is 1. The van der Waals surface area contributed by atoms with E-state index in [0.29, 0.717) is 24.5 Å². The summed E-state index contributed by atoms with van der Waals surface area (Å²) in [7, 11) is 1.82. The van der Waals surface area contributed by atoms with E-state index in [1.807, 2.05) is 7.05 Å². The first kappa shape index (κ1) is 20.0. The van der Waals surface area contributed by atoms with Gasteiger partial charge in [-0.25, -0.2) is 0 Å². The monoisotopic (exact) mass is 353 g/mol. The third-order valence-electron chi connectivity index (χ3n) is 4.95. The normalized spacial score (nSPS) is 28.8. The molecule has 0 aliphatic carbocycles. The van der Waals surface area contributed by atoms with Gasteiger partial charge in [0.05, 0.1) is 12.2 Å². The molecular weight excluding hydrogens is 318 g/mol. The van der Waals surface area contributed by atoms with Gasteiger partial charge in [0.2, 0.25) is 5.91 Å². The molecule has 0 spiro atoms. The van der Waals surface area contributed by atoms with Gasteiger partial charge in [-0.3, -0.25) is 14.7 Å². The van der Waals surface area contributed by atoms with Crippen molar-refractivity contribution in [3.63, 3.8) is 0 Å². The Labute approximate surface area is 152 Å². The fraction of sp³-hybridized carbons (Fsp3) is 0.889. The lowest BCUT2D eigenvalue weighted by Crippen LogP contribution is -2.48.